The third-order valence-electron chi connectivity index (χ3n) is 2.11. The number of aromatic amines is 1. The summed E-state index contributed by atoms with van der Waals surface area (Å²) in [4.78, 5) is 18.2. The van der Waals surface area contributed by atoms with Crippen LogP contribution in [0.15, 0.2) is 24.5 Å². The third kappa shape index (κ3) is 1.46. The minimum atomic E-state index is -0.237. The monoisotopic (exact) mass is 190 g/mol. The predicted molar refractivity (Wildman–Crippen MR) is 51.8 cm³/mol. The highest BCUT2D eigenvalue weighted by Gasteiger charge is 2.07. The van der Waals surface area contributed by atoms with E-state index in [9.17, 15) is 4.79 Å². The van der Waals surface area contributed by atoms with Gasteiger partial charge >= 0.3 is 5.97 Å². The Morgan fingerprint density at radius 1 is 1.57 bits per heavy atom. The maximum atomic E-state index is 11.1. The topological polar surface area (TPSA) is 55.0 Å². The van der Waals surface area contributed by atoms with Crippen molar-refractivity contribution in [2.75, 3.05) is 7.11 Å². The molecule has 0 aliphatic carbocycles. The van der Waals surface area contributed by atoms with Crippen LogP contribution in [0.3, 0.4) is 0 Å². The van der Waals surface area contributed by atoms with Gasteiger partial charge in [0.2, 0.25) is 0 Å². The number of aromatic nitrogens is 2. The van der Waals surface area contributed by atoms with Gasteiger partial charge in [0, 0.05) is 17.8 Å². The molecule has 0 saturated carbocycles. The normalized spacial score (nSPS) is 10.4. The predicted octanol–water partition coefficient (Wildman–Crippen LogP) is 1.28. The van der Waals surface area contributed by atoms with Crippen LogP contribution < -0.4 is 0 Å². The lowest BCUT2D eigenvalue weighted by atomic mass is 10.1. The van der Waals surface area contributed by atoms with E-state index in [0.29, 0.717) is 0 Å². The highest BCUT2D eigenvalue weighted by molar-refractivity contribution is 5.84. The molecule has 0 aliphatic heterocycles. The van der Waals surface area contributed by atoms with Crippen molar-refractivity contribution >= 4 is 17.0 Å². The van der Waals surface area contributed by atoms with Gasteiger partial charge in [-0.2, -0.15) is 0 Å². The number of fused-ring (bicyclic) bond motifs is 1. The zero-order valence-corrected chi connectivity index (χ0v) is 7.78. The van der Waals surface area contributed by atoms with E-state index in [1.54, 1.807) is 12.4 Å². The van der Waals surface area contributed by atoms with Crippen LogP contribution in [0.1, 0.15) is 5.56 Å². The molecule has 14 heavy (non-hydrogen) atoms. The lowest BCUT2D eigenvalue weighted by Crippen LogP contribution is -2.04. The van der Waals surface area contributed by atoms with Crippen LogP contribution in [0.4, 0.5) is 0 Å². The number of carbonyl (C=O) groups excluding carboxylic acids is 1. The zero-order chi connectivity index (χ0) is 9.97. The average molecular weight is 190 g/mol. The number of ether oxygens (including phenoxy) is 1. The molecule has 72 valence electrons. The van der Waals surface area contributed by atoms with Crippen molar-refractivity contribution in [2.45, 2.75) is 6.42 Å². The second-order valence-corrected chi connectivity index (χ2v) is 2.96. The first-order valence-electron chi connectivity index (χ1n) is 4.29. The first-order valence-corrected chi connectivity index (χ1v) is 4.29. The number of pyridine rings is 1. The average Bonchev–Trinajstić information content (AvgIpc) is 2.66. The molecule has 0 saturated heterocycles. The van der Waals surface area contributed by atoms with Gasteiger partial charge in [-0.05, 0) is 17.7 Å². The highest BCUT2D eigenvalue weighted by Crippen LogP contribution is 2.15. The second-order valence-electron chi connectivity index (χ2n) is 2.96. The van der Waals surface area contributed by atoms with Crippen molar-refractivity contribution in [3.63, 3.8) is 0 Å². The lowest BCUT2D eigenvalue weighted by Gasteiger charge is -2.00. The molecule has 0 aromatic carbocycles. The van der Waals surface area contributed by atoms with Crippen LogP contribution in [0.5, 0.6) is 0 Å². The summed E-state index contributed by atoms with van der Waals surface area (Å²) in [5.41, 5.74) is 1.73. The molecule has 0 radical (unpaired) electrons. The Balaban J connectivity index is 2.41. The summed E-state index contributed by atoms with van der Waals surface area (Å²) in [5, 5.41) is 0.970. The molecule has 2 aromatic heterocycles. The summed E-state index contributed by atoms with van der Waals surface area (Å²) in [7, 11) is 1.39. The Kier molecular flexibility index (Phi) is 2.18. The van der Waals surface area contributed by atoms with Crippen LogP contribution in [0, 0.1) is 0 Å². The zero-order valence-electron chi connectivity index (χ0n) is 7.78. The minimum Gasteiger partial charge on any atom is -0.469 e. The maximum absolute atomic E-state index is 11.1. The molecule has 4 heteroatoms. The quantitative estimate of drug-likeness (QED) is 0.726. The Hall–Kier alpha value is -1.84. The number of carbonyl (C=O) groups is 1. The molecule has 4 nitrogen and oxygen atoms in total. The Bertz CT molecular complexity index is 462. The fourth-order valence-electron chi connectivity index (χ4n) is 1.40. The van der Waals surface area contributed by atoms with E-state index in [1.807, 2.05) is 12.1 Å². The van der Waals surface area contributed by atoms with E-state index in [-0.39, 0.29) is 12.4 Å². The summed E-state index contributed by atoms with van der Waals surface area (Å²) >= 11 is 0. The molecule has 0 fully saturated rings. The summed E-state index contributed by atoms with van der Waals surface area (Å²) < 4.78 is 4.61. The number of hydrogen-bond donors (Lipinski definition) is 1. The van der Waals surface area contributed by atoms with E-state index in [1.165, 1.54) is 7.11 Å². The number of nitrogens with zero attached hydrogens (tertiary/aromatic N) is 1. The lowest BCUT2D eigenvalue weighted by molar-refractivity contribution is -0.139. The van der Waals surface area contributed by atoms with Crippen LogP contribution in [0.25, 0.3) is 11.0 Å². The molecule has 0 spiro atoms. The number of hydrogen-bond acceptors (Lipinski definition) is 3. The Morgan fingerprint density at radius 3 is 3.21 bits per heavy atom. The first-order chi connectivity index (χ1) is 6.81. The number of H-pyrrole nitrogens is 1. The first kappa shape index (κ1) is 8.74. The van der Waals surface area contributed by atoms with Crippen LogP contribution in [-0.2, 0) is 16.0 Å². The van der Waals surface area contributed by atoms with E-state index >= 15 is 0 Å². The van der Waals surface area contributed by atoms with E-state index in [0.717, 1.165) is 16.6 Å². The van der Waals surface area contributed by atoms with Crippen LogP contribution >= 0.6 is 0 Å². The molecule has 0 atom stereocenters. The van der Waals surface area contributed by atoms with Crippen LogP contribution in [0.2, 0.25) is 0 Å². The molecule has 0 bridgehead atoms. The summed E-state index contributed by atoms with van der Waals surface area (Å²) in [6.45, 7) is 0. The third-order valence-corrected chi connectivity index (χ3v) is 2.11. The van der Waals surface area contributed by atoms with Crippen LogP contribution in [-0.4, -0.2) is 23.0 Å². The fraction of sp³-hybridized carbons (Fsp3) is 0.200. The Morgan fingerprint density at radius 2 is 2.43 bits per heavy atom. The van der Waals surface area contributed by atoms with Gasteiger partial charge in [-0.25, -0.2) is 4.98 Å². The highest BCUT2D eigenvalue weighted by atomic mass is 16.5. The van der Waals surface area contributed by atoms with Crippen molar-refractivity contribution in [3.05, 3.63) is 30.1 Å². The largest absolute Gasteiger partial charge is 0.469 e. The smallest absolute Gasteiger partial charge is 0.310 e. The molecule has 0 amide bonds. The SMILES string of the molecule is COC(=O)Cc1ccnc2[nH]ccc12. The number of methoxy groups -OCH3 is 1. The minimum absolute atomic E-state index is 0.237. The standard InChI is InChI=1S/C10H10N2O2/c1-14-9(13)6-7-2-4-11-10-8(7)3-5-12-10/h2-5H,6H2,1H3,(H,11,12). The second kappa shape index (κ2) is 3.49. The maximum Gasteiger partial charge on any atom is 0.310 e. The van der Waals surface area contributed by atoms with Crippen molar-refractivity contribution < 1.29 is 9.53 Å². The molecule has 2 rings (SSSR count). The molecular formula is C10H10N2O2. The molecule has 2 heterocycles. The van der Waals surface area contributed by atoms with Gasteiger partial charge in [0.15, 0.2) is 0 Å². The fourth-order valence-corrected chi connectivity index (χ4v) is 1.40. The van der Waals surface area contributed by atoms with E-state index < -0.39 is 0 Å². The van der Waals surface area contributed by atoms with Crippen molar-refractivity contribution in [1.29, 1.82) is 0 Å². The molecular weight excluding hydrogens is 180 g/mol. The number of rotatable bonds is 2. The van der Waals surface area contributed by atoms with Gasteiger partial charge in [-0.1, -0.05) is 0 Å². The van der Waals surface area contributed by atoms with Crippen molar-refractivity contribution in [2.24, 2.45) is 0 Å². The van der Waals surface area contributed by atoms with Gasteiger partial charge in [0.25, 0.3) is 0 Å². The summed E-state index contributed by atoms with van der Waals surface area (Å²) in [6.07, 6.45) is 3.77. The van der Waals surface area contributed by atoms with Crippen molar-refractivity contribution in [1.82, 2.24) is 9.97 Å². The number of esters is 1. The van der Waals surface area contributed by atoms with Crippen molar-refractivity contribution in [3.8, 4) is 0 Å². The van der Waals surface area contributed by atoms with Gasteiger partial charge < -0.3 is 9.72 Å². The van der Waals surface area contributed by atoms with Gasteiger partial charge in [-0.15, -0.1) is 0 Å². The molecule has 1 N–H and O–H groups in total. The van der Waals surface area contributed by atoms with Gasteiger partial charge in [0.05, 0.1) is 13.5 Å². The molecule has 0 unspecified atom stereocenters. The van der Waals surface area contributed by atoms with Gasteiger partial charge in [-0.3, -0.25) is 4.79 Å². The summed E-state index contributed by atoms with van der Waals surface area (Å²) in [6, 6.07) is 3.73. The Labute approximate surface area is 80.9 Å². The van der Waals surface area contributed by atoms with Gasteiger partial charge in [0.1, 0.15) is 5.65 Å². The van der Waals surface area contributed by atoms with E-state index in [4.69, 9.17) is 0 Å². The van der Waals surface area contributed by atoms with E-state index in [2.05, 4.69) is 14.7 Å². The molecule has 0 aliphatic rings. The number of nitrogens with one attached hydrogen (secondary N) is 1. The molecule has 2 aromatic rings. The summed E-state index contributed by atoms with van der Waals surface area (Å²) in [5.74, 6) is -0.237.